The maximum absolute atomic E-state index is 12.0. The van der Waals surface area contributed by atoms with Crippen molar-refractivity contribution in [3.8, 4) is 5.75 Å². The Morgan fingerprint density at radius 1 is 1.27 bits per heavy atom. The second kappa shape index (κ2) is 9.43. The highest BCUT2D eigenvalue weighted by Crippen LogP contribution is 2.17. The van der Waals surface area contributed by atoms with Crippen LogP contribution in [0.1, 0.15) is 17.4 Å². The van der Waals surface area contributed by atoms with E-state index in [1.807, 2.05) is 31.1 Å². The number of ether oxygens (including phenoxy) is 1. The van der Waals surface area contributed by atoms with Crippen molar-refractivity contribution < 1.29 is 18.7 Å². The summed E-state index contributed by atoms with van der Waals surface area (Å²) in [5.74, 6) is 0.609. The summed E-state index contributed by atoms with van der Waals surface area (Å²) in [6.45, 7) is 0.268. The molecule has 0 aliphatic carbocycles. The van der Waals surface area contributed by atoms with Crippen molar-refractivity contribution in [1.29, 1.82) is 0 Å². The first kappa shape index (κ1) is 19.3. The fraction of sp³-hybridized carbons (Fsp3) is 0.263. The molecular weight excluding hydrogens is 334 g/mol. The van der Waals surface area contributed by atoms with Crippen LogP contribution in [-0.4, -0.2) is 44.0 Å². The summed E-state index contributed by atoms with van der Waals surface area (Å²) < 4.78 is 10.6. The van der Waals surface area contributed by atoms with Gasteiger partial charge in [0.05, 0.1) is 12.3 Å². The molecule has 7 heteroatoms. The number of nitrogens with one attached hydrogen (secondary N) is 1. The van der Waals surface area contributed by atoms with Gasteiger partial charge in [-0.3, -0.25) is 14.5 Å². The smallest absolute Gasteiger partial charge is 0.255 e. The SMILES string of the molecule is CN(C)C(CNC(=O)/C=C/c1ccc(OCC(N)=O)cc1)c1ccco1. The van der Waals surface area contributed by atoms with E-state index in [0.717, 1.165) is 11.3 Å². The number of hydrogen-bond acceptors (Lipinski definition) is 5. The van der Waals surface area contributed by atoms with Gasteiger partial charge in [0, 0.05) is 12.6 Å². The number of amides is 2. The molecule has 1 atom stereocenters. The normalized spacial score (nSPS) is 12.3. The van der Waals surface area contributed by atoms with Crippen molar-refractivity contribution in [3.63, 3.8) is 0 Å². The fourth-order valence-electron chi connectivity index (χ4n) is 2.28. The summed E-state index contributed by atoms with van der Waals surface area (Å²) >= 11 is 0. The first-order valence-electron chi connectivity index (χ1n) is 8.12. The molecule has 2 aromatic rings. The Balaban J connectivity index is 1.85. The van der Waals surface area contributed by atoms with E-state index < -0.39 is 5.91 Å². The first-order valence-corrected chi connectivity index (χ1v) is 8.12. The molecule has 1 aromatic carbocycles. The van der Waals surface area contributed by atoms with Crippen LogP contribution in [0.15, 0.2) is 53.2 Å². The second-order valence-electron chi connectivity index (χ2n) is 5.90. The molecule has 1 unspecified atom stereocenters. The highest BCUT2D eigenvalue weighted by Gasteiger charge is 2.17. The summed E-state index contributed by atoms with van der Waals surface area (Å²) in [7, 11) is 3.86. The van der Waals surface area contributed by atoms with Gasteiger partial charge in [0.1, 0.15) is 11.5 Å². The van der Waals surface area contributed by atoms with Crippen molar-refractivity contribution in [3.05, 3.63) is 60.1 Å². The van der Waals surface area contributed by atoms with Gasteiger partial charge in [-0.15, -0.1) is 0 Å². The molecule has 2 amide bonds. The van der Waals surface area contributed by atoms with Crippen LogP contribution in [0, 0.1) is 0 Å². The predicted molar refractivity (Wildman–Crippen MR) is 98.3 cm³/mol. The second-order valence-corrected chi connectivity index (χ2v) is 5.90. The zero-order valence-corrected chi connectivity index (χ0v) is 14.8. The first-order chi connectivity index (χ1) is 12.5. The predicted octanol–water partition coefficient (Wildman–Crippen LogP) is 1.58. The molecule has 2 rings (SSSR count). The van der Waals surface area contributed by atoms with Crippen molar-refractivity contribution in [2.75, 3.05) is 27.2 Å². The number of benzene rings is 1. The third-order valence-electron chi connectivity index (χ3n) is 3.65. The molecule has 0 spiro atoms. The van der Waals surface area contributed by atoms with Crippen LogP contribution < -0.4 is 15.8 Å². The van der Waals surface area contributed by atoms with Gasteiger partial charge in [-0.25, -0.2) is 0 Å². The Morgan fingerprint density at radius 2 is 2.00 bits per heavy atom. The maximum Gasteiger partial charge on any atom is 0.255 e. The number of nitrogens with zero attached hydrogens (tertiary/aromatic N) is 1. The van der Waals surface area contributed by atoms with E-state index in [4.69, 9.17) is 14.9 Å². The van der Waals surface area contributed by atoms with E-state index >= 15 is 0 Å². The summed E-state index contributed by atoms with van der Waals surface area (Å²) in [5.41, 5.74) is 5.86. The standard InChI is InChI=1S/C19H23N3O4/c1-22(2)16(17-4-3-11-25-17)12-21-19(24)10-7-14-5-8-15(9-6-14)26-13-18(20)23/h3-11,16H,12-13H2,1-2H3,(H2,20,23)(H,21,24)/b10-7+. The molecular formula is C19H23N3O4. The van der Waals surface area contributed by atoms with Crippen LogP contribution >= 0.6 is 0 Å². The highest BCUT2D eigenvalue weighted by atomic mass is 16.5. The molecule has 0 aliphatic heterocycles. The van der Waals surface area contributed by atoms with Crippen LogP contribution in [0.5, 0.6) is 5.75 Å². The van der Waals surface area contributed by atoms with Gasteiger partial charge in [-0.2, -0.15) is 0 Å². The largest absolute Gasteiger partial charge is 0.484 e. The lowest BCUT2D eigenvalue weighted by molar-refractivity contribution is -0.120. The molecule has 1 aromatic heterocycles. The van der Waals surface area contributed by atoms with Crippen molar-refractivity contribution >= 4 is 17.9 Å². The minimum absolute atomic E-state index is 0.0379. The summed E-state index contributed by atoms with van der Waals surface area (Å²) in [6, 6.07) is 10.7. The number of nitrogens with two attached hydrogens (primary N) is 1. The summed E-state index contributed by atoms with van der Waals surface area (Å²) in [6.07, 6.45) is 4.78. The Kier molecular flexibility index (Phi) is 6.99. The van der Waals surface area contributed by atoms with Gasteiger partial charge in [0.2, 0.25) is 5.91 Å². The van der Waals surface area contributed by atoms with Crippen LogP contribution in [-0.2, 0) is 9.59 Å². The van der Waals surface area contributed by atoms with Gasteiger partial charge in [0.25, 0.3) is 5.91 Å². The van der Waals surface area contributed by atoms with E-state index in [1.165, 1.54) is 6.08 Å². The van der Waals surface area contributed by atoms with E-state index in [2.05, 4.69) is 5.32 Å². The van der Waals surface area contributed by atoms with E-state index in [-0.39, 0.29) is 18.6 Å². The fourth-order valence-corrected chi connectivity index (χ4v) is 2.28. The summed E-state index contributed by atoms with van der Waals surface area (Å²) in [5, 5.41) is 2.86. The summed E-state index contributed by atoms with van der Waals surface area (Å²) in [4.78, 5) is 24.7. The monoisotopic (exact) mass is 357 g/mol. The number of primary amides is 1. The molecule has 0 fully saturated rings. The van der Waals surface area contributed by atoms with Gasteiger partial charge in [-0.05, 0) is 50.0 Å². The molecule has 0 saturated carbocycles. The number of carbonyl (C=O) groups is 2. The van der Waals surface area contributed by atoms with E-state index in [1.54, 1.807) is 36.6 Å². The number of likely N-dealkylation sites (N-methyl/N-ethyl adjacent to an activating group) is 1. The third kappa shape index (κ3) is 6.10. The molecule has 138 valence electrons. The zero-order chi connectivity index (χ0) is 18.9. The molecule has 3 N–H and O–H groups in total. The van der Waals surface area contributed by atoms with Crippen molar-refractivity contribution in [2.45, 2.75) is 6.04 Å². The van der Waals surface area contributed by atoms with Crippen LogP contribution in [0.4, 0.5) is 0 Å². The van der Waals surface area contributed by atoms with Gasteiger partial charge < -0.3 is 20.2 Å². The lowest BCUT2D eigenvalue weighted by Crippen LogP contribution is -2.33. The molecule has 0 aliphatic rings. The van der Waals surface area contributed by atoms with E-state index in [9.17, 15) is 9.59 Å². The average Bonchev–Trinajstić information content (AvgIpc) is 3.13. The molecule has 7 nitrogen and oxygen atoms in total. The van der Waals surface area contributed by atoms with Crippen LogP contribution in [0.2, 0.25) is 0 Å². The number of furan rings is 1. The minimum Gasteiger partial charge on any atom is -0.484 e. The van der Waals surface area contributed by atoms with Gasteiger partial charge >= 0.3 is 0 Å². The average molecular weight is 357 g/mol. The van der Waals surface area contributed by atoms with E-state index in [0.29, 0.717) is 12.3 Å². The third-order valence-corrected chi connectivity index (χ3v) is 3.65. The quantitative estimate of drug-likeness (QED) is 0.664. The van der Waals surface area contributed by atoms with Crippen LogP contribution in [0.3, 0.4) is 0 Å². The number of hydrogen-bond donors (Lipinski definition) is 2. The van der Waals surface area contributed by atoms with Crippen LogP contribution in [0.25, 0.3) is 6.08 Å². The molecule has 0 radical (unpaired) electrons. The van der Waals surface area contributed by atoms with Gasteiger partial charge in [0.15, 0.2) is 6.61 Å². The van der Waals surface area contributed by atoms with Crippen molar-refractivity contribution in [1.82, 2.24) is 10.2 Å². The Hall–Kier alpha value is -3.06. The lowest BCUT2D eigenvalue weighted by atomic mass is 10.2. The maximum atomic E-state index is 12.0. The zero-order valence-electron chi connectivity index (χ0n) is 14.8. The Bertz CT molecular complexity index is 737. The number of carbonyl (C=O) groups excluding carboxylic acids is 2. The molecule has 26 heavy (non-hydrogen) atoms. The number of rotatable bonds is 9. The molecule has 0 bridgehead atoms. The Labute approximate surface area is 152 Å². The molecule has 1 heterocycles. The molecule has 0 saturated heterocycles. The lowest BCUT2D eigenvalue weighted by Gasteiger charge is -2.22. The minimum atomic E-state index is -0.531. The van der Waals surface area contributed by atoms with Gasteiger partial charge in [-0.1, -0.05) is 12.1 Å². The topological polar surface area (TPSA) is 97.8 Å². The highest BCUT2D eigenvalue weighted by molar-refractivity contribution is 5.91. The van der Waals surface area contributed by atoms with Crippen molar-refractivity contribution in [2.24, 2.45) is 5.73 Å². The Morgan fingerprint density at radius 3 is 2.58 bits per heavy atom.